The molecule has 1 aliphatic rings. The Labute approximate surface area is 111 Å². The Morgan fingerprint density at radius 2 is 2.00 bits per heavy atom. The molecule has 0 aliphatic heterocycles. The topological polar surface area (TPSA) is 29.3 Å². The predicted molar refractivity (Wildman–Crippen MR) is 70.4 cm³/mol. The van der Waals surface area contributed by atoms with Gasteiger partial charge < -0.3 is 10.6 Å². The fraction of sp³-hybridized carbons (Fsp3) is 0.571. The summed E-state index contributed by atoms with van der Waals surface area (Å²) >= 11 is 0. The zero-order chi connectivity index (χ0) is 14.0. The quantitative estimate of drug-likeness (QED) is 0.892. The fourth-order valence-electron chi connectivity index (χ4n) is 2.34. The summed E-state index contributed by atoms with van der Waals surface area (Å²) in [4.78, 5) is 1.49. The number of aryl methyl sites for hydroxylation is 1. The molecule has 2 rings (SSSR count). The van der Waals surface area contributed by atoms with E-state index in [9.17, 15) is 13.2 Å². The van der Waals surface area contributed by atoms with Crippen LogP contribution in [-0.2, 0) is 6.42 Å². The zero-order valence-electron chi connectivity index (χ0n) is 11.0. The van der Waals surface area contributed by atoms with Crippen molar-refractivity contribution in [3.8, 4) is 0 Å². The Kier molecular flexibility index (Phi) is 4.04. The summed E-state index contributed by atoms with van der Waals surface area (Å²) in [5.41, 5.74) is 8.21. The van der Waals surface area contributed by atoms with Crippen molar-refractivity contribution in [1.29, 1.82) is 0 Å². The fourth-order valence-corrected chi connectivity index (χ4v) is 2.34. The third-order valence-corrected chi connectivity index (χ3v) is 3.30. The average Bonchev–Trinajstić information content (AvgIpc) is 3.09. The minimum Gasteiger partial charge on any atom is -0.359 e. The van der Waals surface area contributed by atoms with Crippen LogP contribution in [0.5, 0.6) is 0 Å². The third-order valence-electron chi connectivity index (χ3n) is 3.30. The molecule has 1 aliphatic carbocycles. The molecule has 0 saturated heterocycles. The van der Waals surface area contributed by atoms with Gasteiger partial charge in [0.2, 0.25) is 0 Å². The molecule has 2 N–H and O–H groups in total. The summed E-state index contributed by atoms with van der Waals surface area (Å²) in [6, 6.07) is 5.63. The molecule has 0 spiro atoms. The van der Waals surface area contributed by atoms with E-state index < -0.39 is 12.7 Å². The minimum absolute atomic E-state index is 0.0286. The maximum Gasteiger partial charge on any atom is 0.405 e. The van der Waals surface area contributed by atoms with Crippen LogP contribution in [0.1, 0.15) is 24.0 Å². The maximum atomic E-state index is 12.7. The molecular formula is C14H19F3N2. The van der Waals surface area contributed by atoms with Gasteiger partial charge in [-0.15, -0.1) is 0 Å². The number of hydrogen-bond acceptors (Lipinski definition) is 2. The summed E-state index contributed by atoms with van der Waals surface area (Å²) in [7, 11) is 0. The molecule has 106 valence electrons. The van der Waals surface area contributed by atoms with Crippen molar-refractivity contribution in [2.75, 3.05) is 18.0 Å². The molecular weight excluding hydrogens is 253 g/mol. The number of rotatable bonds is 5. The van der Waals surface area contributed by atoms with E-state index in [0.717, 1.165) is 24.0 Å². The first-order valence-corrected chi connectivity index (χ1v) is 6.53. The molecule has 0 bridgehead atoms. The van der Waals surface area contributed by atoms with Gasteiger partial charge in [0.25, 0.3) is 0 Å². The van der Waals surface area contributed by atoms with Gasteiger partial charge in [-0.05, 0) is 44.4 Å². The number of alkyl halides is 3. The molecule has 1 aromatic carbocycles. The van der Waals surface area contributed by atoms with Crippen molar-refractivity contribution in [2.24, 2.45) is 5.73 Å². The van der Waals surface area contributed by atoms with Crippen molar-refractivity contribution >= 4 is 5.69 Å². The van der Waals surface area contributed by atoms with E-state index >= 15 is 0 Å². The maximum absolute atomic E-state index is 12.7. The van der Waals surface area contributed by atoms with Crippen molar-refractivity contribution in [3.63, 3.8) is 0 Å². The molecule has 5 heteroatoms. The number of benzene rings is 1. The Balaban J connectivity index is 2.30. The highest BCUT2D eigenvalue weighted by molar-refractivity contribution is 5.57. The van der Waals surface area contributed by atoms with E-state index in [1.807, 2.05) is 19.1 Å². The Morgan fingerprint density at radius 3 is 2.53 bits per heavy atom. The van der Waals surface area contributed by atoms with Crippen LogP contribution in [0, 0.1) is 6.92 Å². The minimum atomic E-state index is -4.17. The molecule has 1 aromatic rings. The first kappa shape index (κ1) is 14.2. The Morgan fingerprint density at radius 1 is 1.32 bits per heavy atom. The van der Waals surface area contributed by atoms with Gasteiger partial charge in [-0.3, -0.25) is 0 Å². The molecule has 0 heterocycles. The first-order valence-electron chi connectivity index (χ1n) is 6.53. The lowest BCUT2D eigenvalue weighted by molar-refractivity contribution is -0.120. The first-order chi connectivity index (χ1) is 8.90. The standard InChI is InChI=1S/C14H19F3N2/c1-10-2-5-13(11(8-10)6-7-18)19(12-3-4-12)9-14(15,16)17/h2,5,8,12H,3-4,6-7,9,18H2,1H3. The van der Waals surface area contributed by atoms with Crippen molar-refractivity contribution in [2.45, 2.75) is 38.4 Å². The van der Waals surface area contributed by atoms with Gasteiger partial charge in [-0.2, -0.15) is 13.2 Å². The lowest BCUT2D eigenvalue weighted by Gasteiger charge is -2.28. The van der Waals surface area contributed by atoms with Crippen LogP contribution in [0.25, 0.3) is 0 Å². The van der Waals surface area contributed by atoms with Crippen LogP contribution in [0.3, 0.4) is 0 Å². The Hall–Kier alpha value is -1.23. The van der Waals surface area contributed by atoms with Gasteiger partial charge in [-0.1, -0.05) is 17.7 Å². The highest BCUT2D eigenvalue weighted by Gasteiger charge is 2.38. The molecule has 0 amide bonds. The highest BCUT2D eigenvalue weighted by atomic mass is 19.4. The van der Waals surface area contributed by atoms with Crippen LogP contribution < -0.4 is 10.6 Å². The largest absolute Gasteiger partial charge is 0.405 e. The predicted octanol–water partition coefficient (Wildman–Crippen LogP) is 3.03. The summed E-state index contributed by atoms with van der Waals surface area (Å²) in [6.07, 6.45) is -1.89. The molecule has 2 nitrogen and oxygen atoms in total. The molecule has 0 radical (unpaired) electrons. The van der Waals surface area contributed by atoms with Gasteiger partial charge in [0.05, 0.1) is 0 Å². The number of nitrogens with two attached hydrogens (primary N) is 1. The van der Waals surface area contributed by atoms with Crippen molar-refractivity contribution < 1.29 is 13.2 Å². The van der Waals surface area contributed by atoms with Gasteiger partial charge in [0, 0.05) is 11.7 Å². The van der Waals surface area contributed by atoms with Crippen LogP contribution >= 0.6 is 0 Å². The number of halogens is 3. The summed E-state index contributed by atoms with van der Waals surface area (Å²) in [5, 5.41) is 0. The van der Waals surface area contributed by atoms with Crippen LogP contribution in [0.2, 0.25) is 0 Å². The Bertz CT molecular complexity index is 439. The lowest BCUT2D eigenvalue weighted by Crippen LogP contribution is -2.36. The van der Waals surface area contributed by atoms with Crippen molar-refractivity contribution in [1.82, 2.24) is 0 Å². The van der Waals surface area contributed by atoms with E-state index in [0.29, 0.717) is 18.7 Å². The summed E-state index contributed by atoms with van der Waals surface area (Å²) in [5.74, 6) is 0. The molecule has 0 atom stereocenters. The van der Waals surface area contributed by atoms with E-state index in [1.165, 1.54) is 4.90 Å². The highest BCUT2D eigenvalue weighted by Crippen LogP contribution is 2.36. The number of anilines is 1. The normalized spacial score (nSPS) is 15.6. The SMILES string of the molecule is Cc1ccc(N(CC(F)(F)F)C2CC2)c(CCN)c1. The molecule has 1 saturated carbocycles. The lowest BCUT2D eigenvalue weighted by atomic mass is 10.0. The zero-order valence-corrected chi connectivity index (χ0v) is 11.0. The molecule has 19 heavy (non-hydrogen) atoms. The summed E-state index contributed by atoms with van der Waals surface area (Å²) < 4.78 is 38.1. The van der Waals surface area contributed by atoms with E-state index in [-0.39, 0.29) is 6.04 Å². The third kappa shape index (κ3) is 3.86. The van der Waals surface area contributed by atoms with Crippen LogP contribution in [-0.4, -0.2) is 25.3 Å². The second-order valence-corrected chi connectivity index (χ2v) is 5.15. The summed E-state index contributed by atoms with van der Waals surface area (Å²) in [6.45, 7) is 1.51. The van der Waals surface area contributed by atoms with Gasteiger partial charge in [-0.25, -0.2) is 0 Å². The molecule has 0 aromatic heterocycles. The van der Waals surface area contributed by atoms with Gasteiger partial charge in [0.1, 0.15) is 6.54 Å². The number of nitrogens with zero attached hydrogens (tertiary/aromatic N) is 1. The van der Waals surface area contributed by atoms with E-state index in [1.54, 1.807) is 6.07 Å². The van der Waals surface area contributed by atoms with Crippen molar-refractivity contribution in [3.05, 3.63) is 29.3 Å². The van der Waals surface area contributed by atoms with E-state index in [4.69, 9.17) is 5.73 Å². The second-order valence-electron chi connectivity index (χ2n) is 5.15. The smallest absolute Gasteiger partial charge is 0.359 e. The van der Waals surface area contributed by atoms with E-state index in [2.05, 4.69) is 0 Å². The van der Waals surface area contributed by atoms with Crippen LogP contribution in [0.4, 0.5) is 18.9 Å². The van der Waals surface area contributed by atoms with Gasteiger partial charge >= 0.3 is 6.18 Å². The van der Waals surface area contributed by atoms with Gasteiger partial charge in [0.15, 0.2) is 0 Å². The molecule has 0 unspecified atom stereocenters. The second kappa shape index (κ2) is 5.41. The average molecular weight is 272 g/mol. The monoisotopic (exact) mass is 272 g/mol. The molecule has 1 fully saturated rings. The van der Waals surface area contributed by atoms with Crippen LogP contribution in [0.15, 0.2) is 18.2 Å². The number of hydrogen-bond donors (Lipinski definition) is 1.